The third-order valence-electron chi connectivity index (χ3n) is 3.78. The third kappa shape index (κ3) is 4.50. The zero-order valence-electron chi connectivity index (χ0n) is 11.9. The van der Waals surface area contributed by atoms with Crippen molar-refractivity contribution in [3.8, 4) is 0 Å². The third-order valence-corrected chi connectivity index (χ3v) is 5.49. The Hall–Kier alpha value is -1.47. The second kappa shape index (κ2) is 7.00. The Morgan fingerprint density at radius 2 is 1.62 bits per heavy atom. The van der Waals surface area contributed by atoms with Crippen LogP contribution in [0.5, 0.6) is 0 Å². The topological polar surface area (TPSA) is 80.5 Å². The van der Waals surface area contributed by atoms with E-state index in [1.54, 1.807) is 0 Å². The SMILES string of the molecule is O=[N+]([O-])c1ccc(S(=O)(=O)CCN2CCCCCC2)cc1. The van der Waals surface area contributed by atoms with E-state index in [2.05, 4.69) is 4.90 Å². The Labute approximate surface area is 124 Å². The van der Waals surface area contributed by atoms with Crippen molar-refractivity contribution in [2.24, 2.45) is 0 Å². The van der Waals surface area contributed by atoms with Gasteiger partial charge in [0.05, 0.1) is 15.6 Å². The van der Waals surface area contributed by atoms with Crippen molar-refractivity contribution in [3.05, 3.63) is 34.4 Å². The summed E-state index contributed by atoms with van der Waals surface area (Å²) in [5.41, 5.74) is -0.0959. The van der Waals surface area contributed by atoms with Gasteiger partial charge in [-0.25, -0.2) is 8.42 Å². The highest BCUT2D eigenvalue weighted by Gasteiger charge is 2.18. The summed E-state index contributed by atoms with van der Waals surface area (Å²) in [6, 6.07) is 5.10. The van der Waals surface area contributed by atoms with Gasteiger partial charge in [0.25, 0.3) is 5.69 Å². The summed E-state index contributed by atoms with van der Waals surface area (Å²) in [7, 11) is -3.38. The number of sulfone groups is 1. The summed E-state index contributed by atoms with van der Waals surface area (Å²) in [6.07, 6.45) is 4.67. The maximum atomic E-state index is 12.2. The molecule has 0 spiro atoms. The van der Waals surface area contributed by atoms with E-state index < -0.39 is 14.8 Å². The maximum absolute atomic E-state index is 12.2. The highest BCUT2D eigenvalue weighted by Crippen LogP contribution is 2.17. The Bertz CT molecular complexity index is 575. The molecule has 7 heteroatoms. The quantitative estimate of drug-likeness (QED) is 0.615. The molecular formula is C14H20N2O4S. The first-order valence-electron chi connectivity index (χ1n) is 7.18. The van der Waals surface area contributed by atoms with Crippen LogP contribution < -0.4 is 0 Å². The van der Waals surface area contributed by atoms with Crippen LogP contribution in [0.25, 0.3) is 0 Å². The van der Waals surface area contributed by atoms with Crippen LogP contribution in [0.4, 0.5) is 5.69 Å². The zero-order valence-corrected chi connectivity index (χ0v) is 12.7. The van der Waals surface area contributed by atoms with Gasteiger partial charge in [-0.05, 0) is 38.1 Å². The van der Waals surface area contributed by atoms with E-state index in [1.165, 1.54) is 37.1 Å². The van der Waals surface area contributed by atoms with Crippen molar-refractivity contribution in [1.82, 2.24) is 4.90 Å². The fraction of sp³-hybridized carbons (Fsp3) is 0.571. The number of likely N-dealkylation sites (tertiary alicyclic amines) is 1. The molecule has 0 radical (unpaired) electrons. The second-order valence-corrected chi connectivity index (χ2v) is 7.43. The number of nitro groups is 1. The van der Waals surface area contributed by atoms with Crippen molar-refractivity contribution in [3.63, 3.8) is 0 Å². The molecule has 0 unspecified atom stereocenters. The molecule has 1 aliphatic heterocycles. The first kappa shape index (κ1) is 15.9. The predicted molar refractivity (Wildman–Crippen MR) is 80.1 cm³/mol. The Kier molecular flexibility index (Phi) is 5.30. The smallest absolute Gasteiger partial charge is 0.269 e. The Morgan fingerprint density at radius 1 is 1.05 bits per heavy atom. The molecule has 0 atom stereocenters. The fourth-order valence-electron chi connectivity index (χ4n) is 2.50. The average Bonchev–Trinajstić information content (AvgIpc) is 2.74. The minimum absolute atomic E-state index is 0.0603. The number of hydrogen-bond donors (Lipinski definition) is 0. The predicted octanol–water partition coefficient (Wildman–Crippen LogP) is 2.24. The number of non-ortho nitro benzene ring substituents is 1. The average molecular weight is 312 g/mol. The molecule has 0 bridgehead atoms. The first-order valence-corrected chi connectivity index (χ1v) is 8.84. The van der Waals surface area contributed by atoms with Gasteiger partial charge < -0.3 is 4.90 Å². The molecule has 116 valence electrons. The lowest BCUT2D eigenvalue weighted by molar-refractivity contribution is -0.384. The van der Waals surface area contributed by atoms with E-state index >= 15 is 0 Å². The van der Waals surface area contributed by atoms with Crippen molar-refractivity contribution >= 4 is 15.5 Å². The molecule has 1 aliphatic rings. The molecule has 21 heavy (non-hydrogen) atoms. The number of hydrogen-bond acceptors (Lipinski definition) is 5. The van der Waals surface area contributed by atoms with Gasteiger partial charge in [0.1, 0.15) is 0 Å². The van der Waals surface area contributed by atoms with Crippen LogP contribution in [0.3, 0.4) is 0 Å². The van der Waals surface area contributed by atoms with Gasteiger partial charge >= 0.3 is 0 Å². The van der Waals surface area contributed by atoms with Gasteiger partial charge in [0, 0.05) is 18.7 Å². The monoisotopic (exact) mass is 312 g/mol. The lowest BCUT2D eigenvalue weighted by Gasteiger charge is -2.19. The van der Waals surface area contributed by atoms with E-state index in [0.717, 1.165) is 25.9 Å². The van der Waals surface area contributed by atoms with Gasteiger partial charge in [-0.2, -0.15) is 0 Å². The minimum atomic E-state index is -3.38. The molecule has 0 aromatic heterocycles. The lowest BCUT2D eigenvalue weighted by atomic mass is 10.2. The van der Waals surface area contributed by atoms with Crippen LogP contribution in [-0.4, -0.2) is 43.6 Å². The fourth-order valence-corrected chi connectivity index (χ4v) is 3.79. The largest absolute Gasteiger partial charge is 0.302 e. The molecule has 0 amide bonds. The van der Waals surface area contributed by atoms with Crippen LogP contribution in [0.2, 0.25) is 0 Å². The van der Waals surface area contributed by atoms with Crippen molar-refractivity contribution in [2.45, 2.75) is 30.6 Å². The number of nitro benzene ring substituents is 1. The molecule has 1 fully saturated rings. The van der Waals surface area contributed by atoms with Crippen molar-refractivity contribution in [1.29, 1.82) is 0 Å². The van der Waals surface area contributed by atoms with Gasteiger partial charge in [0.2, 0.25) is 0 Å². The summed E-state index contributed by atoms with van der Waals surface area (Å²) in [5, 5.41) is 10.6. The van der Waals surface area contributed by atoms with E-state index in [9.17, 15) is 18.5 Å². The van der Waals surface area contributed by atoms with Gasteiger partial charge in [0.15, 0.2) is 9.84 Å². The summed E-state index contributed by atoms with van der Waals surface area (Å²) in [6.45, 7) is 2.44. The molecule has 0 N–H and O–H groups in total. The van der Waals surface area contributed by atoms with Crippen LogP contribution in [0, 0.1) is 10.1 Å². The minimum Gasteiger partial charge on any atom is -0.302 e. The summed E-state index contributed by atoms with van der Waals surface area (Å²) in [4.78, 5) is 12.4. The summed E-state index contributed by atoms with van der Waals surface area (Å²) in [5.74, 6) is 0.0603. The van der Waals surface area contributed by atoms with Gasteiger partial charge in [-0.1, -0.05) is 12.8 Å². The summed E-state index contributed by atoms with van der Waals surface area (Å²) < 4.78 is 24.5. The van der Waals surface area contributed by atoms with Crippen molar-refractivity contribution < 1.29 is 13.3 Å². The number of nitrogens with zero attached hydrogens (tertiary/aromatic N) is 2. The molecule has 6 nitrogen and oxygen atoms in total. The zero-order chi connectivity index (χ0) is 15.3. The number of benzene rings is 1. The standard InChI is InChI=1S/C14H20N2O4S/c17-16(18)13-5-7-14(8-6-13)21(19,20)12-11-15-9-3-1-2-4-10-15/h5-8H,1-4,9-12H2. The Morgan fingerprint density at radius 3 is 2.14 bits per heavy atom. The highest BCUT2D eigenvalue weighted by molar-refractivity contribution is 7.91. The van der Waals surface area contributed by atoms with Gasteiger partial charge in [-0.3, -0.25) is 10.1 Å². The first-order chi connectivity index (χ1) is 9.99. The van der Waals surface area contributed by atoms with Crippen LogP contribution in [0.15, 0.2) is 29.2 Å². The normalized spacial score (nSPS) is 17.3. The Balaban J connectivity index is 1.98. The maximum Gasteiger partial charge on any atom is 0.269 e. The van der Waals surface area contributed by atoms with Crippen LogP contribution >= 0.6 is 0 Å². The second-order valence-electron chi connectivity index (χ2n) is 5.33. The van der Waals surface area contributed by atoms with E-state index in [-0.39, 0.29) is 16.3 Å². The van der Waals surface area contributed by atoms with Gasteiger partial charge in [-0.15, -0.1) is 0 Å². The molecule has 0 saturated carbocycles. The van der Waals surface area contributed by atoms with E-state index in [0.29, 0.717) is 6.54 Å². The molecule has 2 rings (SSSR count). The lowest BCUT2D eigenvalue weighted by Crippen LogP contribution is -2.30. The molecule has 1 saturated heterocycles. The molecule has 1 aromatic carbocycles. The molecule has 1 heterocycles. The highest BCUT2D eigenvalue weighted by atomic mass is 32.2. The van der Waals surface area contributed by atoms with Crippen molar-refractivity contribution in [2.75, 3.05) is 25.4 Å². The van der Waals surface area contributed by atoms with E-state index in [4.69, 9.17) is 0 Å². The molecule has 0 aliphatic carbocycles. The summed E-state index contributed by atoms with van der Waals surface area (Å²) >= 11 is 0. The molecule has 1 aromatic rings. The van der Waals surface area contributed by atoms with Crippen LogP contribution in [0.1, 0.15) is 25.7 Å². The van der Waals surface area contributed by atoms with Crippen LogP contribution in [-0.2, 0) is 9.84 Å². The number of rotatable bonds is 5. The molecular weight excluding hydrogens is 292 g/mol. The van der Waals surface area contributed by atoms with E-state index in [1.807, 2.05) is 0 Å².